The summed E-state index contributed by atoms with van der Waals surface area (Å²) in [6.07, 6.45) is 2.66. The second-order valence-electron chi connectivity index (χ2n) is 8.78. The molecule has 1 fully saturated rings. The number of benzene rings is 2. The molecule has 0 radical (unpaired) electrons. The average Bonchev–Trinajstić information content (AvgIpc) is 3.47. The number of alkyl carbamates (subject to hydrolysis) is 1. The predicted molar refractivity (Wildman–Crippen MR) is 125 cm³/mol. The molecule has 0 spiro atoms. The minimum Gasteiger partial charge on any atom is -0.480 e. The first-order valence-corrected chi connectivity index (χ1v) is 11.6. The van der Waals surface area contributed by atoms with Gasteiger partial charge in [0.2, 0.25) is 5.91 Å². The number of amides is 2. The van der Waals surface area contributed by atoms with Gasteiger partial charge in [-0.25, -0.2) is 4.79 Å². The summed E-state index contributed by atoms with van der Waals surface area (Å²) in [4.78, 5) is 38.6. The second kappa shape index (κ2) is 10.7. The van der Waals surface area contributed by atoms with Gasteiger partial charge in [0.25, 0.3) is 0 Å². The summed E-state index contributed by atoms with van der Waals surface area (Å²) in [6, 6.07) is 14.9. The van der Waals surface area contributed by atoms with Gasteiger partial charge in [0.15, 0.2) is 0 Å². The molecule has 1 saturated carbocycles. The molecule has 0 aromatic heterocycles. The molecule has 2 aliphatic carbocycles. The zero-order valence-electron chi connectivity index (χ0n) is 19.2. The first kappa shape index (κ1) is 23.8. The molecule has 8 heteroatoms. The van der Waals surface area contributed by atoms with E-state index in [1.807, 2.05) is 36.4 Å². The highest BCUT2D eigenvalue weighted by Crippen LogP contribution is 2.44. The Balaban J connectivity index is 1.43. The molecule has 0 heterocycles. The Morgan fingerprint density at radius 1 is 1.03 bits per heavy atom. The molecule has 0 saturated heterocycles. The van der Waals surface area contributed by atoms with E-state index in [4.69, 9.17) is 9.47 Å². The fourth-order valence-electron chi connectivity index (χ4n) is 5.07. The molecule has 2 amide bonds. The summed E-state index contributed by atoms with van der Waals surface area (Å²) in [7, 11) is 1.43. The van der Waals surface area contributed by atoms with Crippen molar-refractivity contribution in [3.63, 3.8) is 0 Å². The molecule has 34 heavy (non-hydrogen) atoms. The second-order valence-corrected chi connectivity index (χ2v) is 8.78. The van der Waals surface area contributed by atoms with Crippen LogP contribution in [0.2, 0.25) is 0 Å². The molecule has 2 aliphatic rings. The third-order valence-corrected chi connectivity index (χ3v) is 6.62. The fourth-order valence-corrected chi connectivity index (χ4v) is 5.07. The maximum Gasteiger partial charge on any atom is 0.407 e. The highest BCUT2D eigenvalue weighted by Gasteiger charge is 2.34. The maximum absolute atomic E-state index is 13.2. The van der Waals surface area contributed by atoms with Gasteiger partial charge in [-0.3, -0.25) is 9.59 Å². The van der Waals surface area contributed by atoms with Crippen LogP contribution in [0, 0.1) is 0 Å². The number of ether oxygens (including phenoxy) is 2. The van der Waals surface area contributed by atoms with Crippen LogP contribution >= 0.6 is 0 Å². The van der Waals surface area contributed by atoms with Crippen LogP contribution in [-0.4, -0.2) is 66.9 Å². The van der Waals surface area contributed by atoms with Crippen molar-refractivity contribution in [2.45, 2.75) is 43.7 Å². The monoisotopic (exact) mass is 466 g/mol. The van der Waals surface area contributed by atoms with Crippen molar-refractivity contribution < 1.29 is 29.0 Å². The highest BCUT2D eigenvalue weighted by molar-refractivity contribution is 5.88. The van der Waals surface area contributed by atoms with Crippen LogP contribution in [0.25, 0.3) is 11.1 Å². The van der Waals surface area contributed by atoms with E-state index in [2.05, 4.69) is 17.4 Å². The molecular weight excluding hydrogens is 436 g/mol. The first-order valence-electron chi connectivity index (χ1n) is 11.6. The summed E-state index contributed by atoms with van der Waals surface area (Å²) >= 11 is 0. The highest BCUT2D eigenvalue weighted by atomic mass is 16.5. The van der Waals surface area contributed by atoms with Crippen molar-refractivity contribution in [3.8, 4) is 11.1 Å². The van der Waals surface area contributed by atoms with Gasteiger partial charge in [-0.1, -0.05) is 61.4 Å². The van der Waals surface area contributed by atoms with Crippen LogP contribution in [0.15, 0.2) is 48.5 Å². The minimum atomic E-state index is -1.09. The van der Waals surface area contributed by atoms with Crippen LogP contribution in [-0.2, 0) is 19.1 Å². The molecule has 0 bridgehead atoms. The van der Waals surface area contributed by atoms with Gasteiger partial charge in [-0.05, 0) is 35.1 Å². The summed E-state index contributed by atoms with van der Waals surface area (Å²) in [5.74, 6) is -1.65. The Bertz CT molecular complexity index is 1000. The molecule has 2 aromatic carbocycles. The molecule has 4 rings (SSSR count). The number of hydrogen-bond acceptors (Lipinski definition) is 5. The topological polar surface area (TPSA) is 105 Å². The average molecular weight is 467 g/mol. The third kappa shape index (κ3) is 5.07. The quantitative estimate of drug-likeness (QED) is 0.587. The van der Waals surface area contributed by atoms with E-state index < -0.39 is 30.6 Å². The molecule has 0 aliphatic heterocycles. The normalized spacial score (nSPS) is 15.9. The van der Waals surface area contributed by atoms with E-state index in [9.17, 15) is 19.5 Å². The number of fused-ring (bicyclic) bond motifs is 3. The number of carboxylic acid groups (broad SMARTS) is 1. The number of nitrogens with zero attached hydrogens (tertiary/aromatic N) is 1. The number of hydrogen-bond donors (Lipinski definition) is 2. The van der Waals surface area contributed by atoms with E-state index in [-0.39, 0.29) is 25.2 Å². The molecule has 2 aromatic rings. The van der Waals surface area contributed by atoms with E-state index in [1.165, 1.54) is 12.0 Å². The molecule has 2 N–H and O–H groups in total. The van der Waals surface area contributed by atoms with E-state index >= 15 is 0 Å². The molecular formula is C26H30N2O6. The number of carboxylic acids is 1. The van der Waals surface area contributed by atoms with E-state index in [1.54, 1.807) is 0 Å². The van der Waals surface area contributed by atoms with Gasteiger partial charge in [0.1, 0.15) is 19.2 Å². The van der Waals surface area contributed by atoms with Crippen molar-refractivity contribution in [1.82, 2.24) is 10.2 Å². The maximum atomic E-state index is 13.2. The number of nitrogens with one attached hydrogen (secondary N) is 1. The van der Waals surface area contributed by atoms with Crippen LogP contribution in [0.4, 0.5) is 4.79 Å². The van der Waals surface area contributed by atoms with Gasteiger partial charge in [-0.2, -0.15) is 0 Å². The van der Waals surface area contributed by atoms with Gasteiger partial charge in [-0.15, -0.1) is 0 Å². The third-order valence-electron chi connectivity index (χ3n) is 6.62. The fraction of sp³-hybridized carbons (Fsp3) is 0.423. The van der Waals surface area contributed by atoms with Crippen molar-refractivity contribution in [3.05, 3.63) is 59.7 Å². The van der Waals surface area contributed by atoms with Gasteiger partial charge < -0.3 is 24.8 Å². The van der Waals surface area contributed by atoms with Gasteiger partial charge >= 0.3 is 12.1 Å². The Morgan fingerprint density at radius 2 is 1.62 bits per heavy atom. The summed E-state index contributed by atoms with van der Waals surface area (Å²) in [5.41, 5.74) is 4.44. The molecule has 8 nitrogen and oxygen atoms in total. The van der Waals surface area contributed by atoms with Crippen molar-refractivity contribution >= 4 is 18.0 Å². The lowest BCUT2D eigenvalue weighted by Crippen LogP contribution is -2.54. The Kier molecular flexibility index (Phi) is 7.47. The van der Waals surface area contributed by atoms with Gasteiger partial charge in [0.05, 0.1) is 6.61 Å². The first-order chi connectivity index (χ1) is 16.5. The van der Waals surface area contributed by atoms with E-state index in [0.717, 1.165) is 47.9 Å². The number of methoxy groups -OCH3 is 1. The molecule has 0 unspecified atom stereocenters. The number of aliphatic carboxylic acids is 1. The Labute approximate surface area is 198 Å². The van der Waals surface area contributed by atoms with Crippen LogP contribution in [0.5, 0.6) is 0 Å². The van der Waals surface area contributed by atoms with Crippen molar-refractivity contribution in [1.29, 1.82) is 0 Å². The van der Waals surface area contributed by atoms with Crippen LogP contribution in [0.3, 0.4) is 0 Å². The standard InChI is InChI=1S/C26H30N2O6/c1-33-16-23(25(31)28(14-24(29)30)17-8-2-3-9-17)27-26(32)34-15-22-20-12-6-4-10-18(20)19-11-5-7-13-21(19)22/h4-7,10-13,17,22-23H,2-3,8-9,14-16H2,1H3,(H,27,32)(H,29,30)/t23-/m0/s1. The minimum absolute atomic E-state index is 0.0775. The van der Waals surface area contributed by atoms with Crippen LogP contribution in [0.1, 0.15) is 42.7 Å². The summed E-state index contributed by atoms with van der Waals surface area (Å²) in [6.45, 7) is -0.364. The zero-order chi connectivity index (χ0) is 24.1. The lowest BCUT2D eigenvalue weighted by atomic mass is 9.98. The zero-order valence-corrected chi connectivity index (χ0v) is 19.2. The lowest BCUT2D eigenvalue weighted by Gasteiger charge is -2.31. The lowest BCUT2D eigenvalue weighted by molar-refractivity contribution is -0.147. The van der Waals surface area contributed by atoms with Crippen molar-refractivity contribution in [2.75, 3.05) is 26.9 Å². The predicted octanol–water partition coefficient (Wildman–Crippen LogP) is 3.40. The smallest absolute Gasteiger partial charge is 0.407 e. The SMILES string of the molecule is COC[C@H](NC(=O)OCC1c2ccccc2-c2ccccc21)C(=O)N(CC(=O)O)C1CCCC1. The number of carbonyl (C=O) groups is 3. The number of carbonyl (C=O) groups excluding carboxylic acids is 2. The Hall–Kier alpha value is -3.39. The van der Waals surface area contributed by atoms with Crippen molar-refractivity contribution in [2.24, 2.45) is 0 Å². The largest absolute Gasteiger partial charge is 0.480 e. The Morgan fingerprint density at radius 3 is 2.18 bits per heavy atom. The molecule has 180 valence electrons. The van der Waals surface area contributed by atoms with Gasteiger partial charge in [0, 0.05) is 19.1 Å². The van der Waals surface area contributed by atoms with Crippen LogP contribution < -0.4 is 5.32 Å². The summed E-state index contributed by atoms with van der Waals surface area (Å²) < 4.78 is 10.7. The summed E-state index contributed by atoms with van der Waals surface area (Å²) in [5, 5.41) is 11.9. The van der Waals surface area contributed by atoms with E-state index in [0.29, 0.717) is 0 Å². The number of rotatable bonds is 9. The molecule has 1 atom stereocenters.